The van der Waals surface area contributed by atoms with Crippen LogP contribution in [0.25, 0.3) is 0 Å². The Bertz CT molecular complexity index is 640. The number of rotatable bonds is 5. The van der Waals surface area contributed by atoms with E-state index in [-0.39, 0.29) is 23.7 Å². The van der Waals surface area contributed by atoms with Crippen LogP contribution in [-0.2, 0) is 9.59 Å². The predicted molar refractivity (Wildman–Crippen MR) is 88.6 cm³/mol. The smallest absolute Gasteiger partial charge is 0.234 e. The minimum Gasteiger partial charge on any atom is -0.370 e. The van der Waals surface area contributed by atoms with Crippen molar-refractivity contribution in [3.63, 3.8) is 0 Å². The van der Waals surface area contributed by atoms with Gasteiger partial charge in [-0.3, -0.25) is 9.59 Å². The molecule has 2 amide bonds. The molecule has 23 heavy (non-hydrogen) atoms. The topological polar surface area (TPSA) is 63.4 Å². The maximum atomic E-state index is 13.0. The maximum absolute atomic E-state index is 13.0. The van der Waals surface area contributed by atoms with Crippen LogP contribution in [0.2, 0.25) is 0 Å². The van der Waals surface area contributed by atoms with Gasteiger partial charge in [0.25, 0.3) is 0 Å². The molecule has 0 aliphatic carbocycles. The van der Waals surface area contributed by atoms with Crippen molar-refractivity contribution < 1.29 is 9.59 Å². The first-order valence-electron chi connectivity index (χ1n) is 7.82. The van der Waals surface area contributed by atoms with Crippen molar-refractivity contribution in [2.75, 3.05) is 13.1 Å². The molecule has 2 aromatic rings. The van der Waals surface area contributed by atoms with Gasteiger partial charge in [-0.15, -0.1) is 0 Å². The zero-order valence-corrected chi connectivity index (χ0v) is 12.9. The van der Waals surface area contributed by atoms with Crippen LogP contribution in [0.15, 0.2) is 60.7 Å². The van der Waals surface area contributed by atoms with E-state index in [1.54, 1.807) is 0 Å². The first-order chi connectivity index (χ1) is 11.1. The Morgan fingerprint density at radius 3 is 1.87 bits per heavy atom. The van der Waals surface area contributed by atoms with E-state index in [1.807, 2.05) is 65.6 Å². The first kappa shape index (κ1) is 15.3. The monoisotopic (exact) mass is 308 g/mol. The molecule has 3 rings (SSSR count). The lowest BCUT2D eigenvalue weighted by Gasteiger charge is -2.41. The second kappa shape index (κ2) is 6.65. The molecular weight excluding hydrogens is 288 g/mol. The van der Waals surface area contributed by atoms with Gasteiger partial charge in [0.1, 0.15) is 0 Å². The van der Waals surface area contributed by atoms with Gasteiger partial charge in [0.15, 0.2) is 0 Å². The zero-order chi connectivity index (χ0) is 16.2. The van der Waals surface area contributed by atoms with Crippen LogP contribution in [-0.4, -0.2) is 29.8 Å². The summed E-state index contributed by atoms with van der Waals surface area (Å²) < 4.78 is 0. The van der Waals surface area contributed by atoms with Crippen LogP contribution >= 0.6 is 0 Å². The molecule has 0 spiro atoms. The Kier molecular flexibility index (Phi) is 4.42. The van der Waals surface area contributed by atoms with Gasteiger partial charge in [-0.05, 0) is 11.1 Å². The number of hydrogen-bond acceptors (Lipinski definition) is 2. The molecule has 0 unspecified atom stereocenters. The van der Waals surface area contributed by atoms with E-state index >= 15 is 0 Å². The lowest BCUT2D eigenvalue weighted by Crippen LogP contribution is -2.52. The molecule has 1 aliphatic rings. The molecule has 0 aromatic heterocycles. The number of nitrogens with two attached hydrogens (primary N) is 1. The fourth-order valence-corrected chi connectivity index (χ4v) is 3.11. The molecule has 0 atom stereocenters. The summed E-state index contributed by atoms with van der Waals surface area (Å²) in [4.78, 5) is 25.8. The maximum Gasteiger partial charge on any atom is 0.234 e. The highest BCUT2D eigenvalue weighted by Crippen LogP contribution is 2.30. The van der Waals surface area contributed by atoms with E-state index in [1.165, 1.54) is 0 Å². The molecule has 118 valence electrons. The molecule has 4 nitrogen and oxygen atoms in total. The van der Waals surface area contributed by atoms with Gasteiger partial charge in [-0.1, -0.05) is 60.7 Å². The third-order valence-electron chi connectivity index (χ3n) is 4.27. The van der Waals surface area contributed by atoms with Crippen LogP contribution in [0.4, 0.5) is 0 Å². The average molecular weight is 308 g/mol. The van der Waals surface area contributed by atoms with Gasteiger partial charge >= 0.3 is 0 Å². The fourth-order valence-electron chi connectivity index (χ4n) is 3.11. The van der Waals surface area contributed by atoms with Crippen molar-refractivity contribution in [1.29, 1.82) is 0 Å². The van der Waals surface area contributed by atoms with E-state index in [0.29, 0.717) is 19.5 Å². The van der Waals surface area contributed by atoms with Gasteiger partial charge in [0, 0.05) is 25.4 Å². The van der Waals surface area contributed by atoms with Crippen molar-refractivity contribution in [3.05, 3.63) is 71.8 Å². The summed E-state index contributed by atoms with van der Waals surface area (Å²) in [6.45, 7) is 1.22. The Labute approximate surface area is 135 Å². The van der Waals surface area contributed by atoms with Crippen LogP contribution in [0.3, 0.4) is 0 Å². The highest BCUT2D eigenvalue weighted by Gasteiger charge is 2.36. The highest BCUT2D eigenvalue weighted by atomic mass is 16.2. The summed E-state index contributed by atoms with van der Waals surface area (Å²) in [6, 6.07) is 19.6. The van der Waals surface area contributed by atoms with Gasteiger partial charge < -0.3 is 10.6 Å². The second-order valence-electron chi connectivity index (χ2n) is 6.03. The SMILES string of the molecule is NC(=O)CC1CN(C(=O)C(c2ccccc2)c2ccccc2)C1. The molecular formula is C19H20N2O2. The van der Waals surface area contributed by atoms with Crippen LogP contribution < -0.4 is 5.73 Å². The van der Waals surface area contributed by atoms with Gasteiger partial charge in [0.05, 0.1) is 5.92 Å². The summed E-state index contributed by atoms with van der Waals surface area (Å²) in [5.41, 5.74) is 7.20. The summed E-state index contributed by atoms with van der Waals surface area (Å²) in [5, 5.41) is 0. The lowest BCUT2D eigenvalue weighted by atomic mass is 9.87. The van der Waals surface area contributed by atoms with Crippen molar-refractivity contribution >= 4 is 11.8 Å². The molecule has 1 heterocycles. The normalized spacial score (nSPS) is 14.6. The quantitative estimate of drug-likeness (QED) is 0.920. The van der Waals surface area contributed by atoms with Crippen molar-refractivity contribution in [3.8, 4) is 0 Å². The minimum absolute atomic E-state index is 0.0862. The minimum atomic E-state index is -0.301. The van der Waals surface area contributed by atoms with E-state index in [4.69, 9.17) is 5.73 Å². The third-order valence-corrected chi connectivity index (χ3v) is 4.27. The van der Waals surface area contributed by atoms with Crippen molar-refractivity contribution in [1.82, 2.24) is 4.90 Å². The lowest BCUT2D eigenvalue weighted by molar-refractivity contribution is -0.139. The predicted octanol–water partition coefficient (Wildman–Crippen LogP) is 2.15. The summed E-state index contributed by atoms with van der Waals surface area (Å²) in [5.74, 6) is -0.316. The molecule has 0 radical (unpaired) electrons. The molecule has 1 saturated heterocycles. The molecule has 4 heteroatoms. The van der Waals surface area contributed by atoms with Crippen molar-refractivity contribution in [2.24, 2.45) is 11.7 Å². The summed E-state index contributed by atoms with van der Waals surface area (Å²) >= 11 is 0. The number of amides is 2. The van der Waals surface area contributed by atoms with Crippen LogP contribution in [0.5, 0.6) is 0 Å². The zero-order valence-electron chi connectivity index (χ0n) is 12.9. The van der Waals surface area contributed by atoms with Crippen molar-refractivity contribution in [2.45, 2.75) is 12.3 Å². The largest absolute Gasteiger partial charge is 0.370 e. The Balaban J connectivity index is 1.80. The molecule has 2 N–H and O–H groups in total. The average Bonchev–Trinajstić information content (AvgIpc) is 2.52. The van der Waals surface area contributed by atoms with Gasteiger partial charge in [0.2, 0.25) is 11.8 Å². The molecule has 0 saturated carbocycles. The standard InChI is InChI=1S/C19H20N2O2/c20-17(22)11-14-12-21(13-14)19(23)18(15-7-3-1-4-8-15)16-9-5-2-6-10-16/h1-10,14,18H,11-13H2,(H2,20,22). The molecule has 0 bridgehead atoms. The summed E-state index contributed by atoms with van der Waals surface area (Å²) in [7, 11) is 0. The second-order valence-corrected chi connectivity index (χ2v) is 6.03. The number of likely N-dealkylation sites (tertiary alicyclic amines) is 1. The third kappa shape index (κ3) is 3.42. The summed E-state index contributed by atoms with van der Waals surface area (Å²) in [6.07, 6.45) is 0.352. The van der Waals surface area contributed by atoms with E-state index in [0.717, 1.165) is 11.1 Å². The van der Waals surface area contributed by atoms with Gasteiger partial charge in [-0.2, -0.15) is 0 Å². The molecule has 2 aromatic carbocycles. The number of benzene rings is 2. The Morgan fingerprint density at radius 1 is 0.957 bits per heavy atom. The van der Waals surface area contributed by atoms with E-state index < -0.39 is 0 Å². The molecule has 1 fully saturated rings. The fraction of sp³-hybridized carbons (Fsp3) is 0.263. The van der Waals surface area contributed by atoms with E-state index in [9.17, 15) is 9.59 Å². The number of primary amides is 1. The Hall–Kier alpha value is -2.62. The number of carbonyl (C=O) groups is 2. The van der Waals surface area contributed by atoms with Crippen LogP contribution in [0.1, 0.15) is 23.5 Å². The highest BCUT2D eigenvalue weighted by molar-refractivity contribution is 5.88. The number of carbonyl (C=O) groups excluding carboxylic acids is 2. The number of hydrogen-bond donors (Lipinski definition) is 1. The van der Waals surface area contributed by atoms with E-state index in [2.05, 4.69) is 0 Å². The van der Waals surface area contributed by atoms with Crippen LogP contribution in [0, 0.1) is 5.92 Å². The first-order valence-corrected chi connectivity index (χ1v) is 7.82. The number of nitrogens with zero attached hydrogens (tertiary/aromatic N) is 1. The Morgan fingerprint density at radius 2 is 1.43 bits per heavy atom. The molecule has 1 aliphatic heterocycles. The van der Waals surface area contributed by atoms with Gasteiger partial charge in [-0.25, -0.2) is 0 Å².